The van der Waals surface area contributed by atoms with Gasteiger partial charge in [-0.3, -0.25) is 4.79 Å². The molecule has 2 rings (SSSR count). The maximum absolute atomic E-state index is 12.0. The molecule has 5 heteroatoms. The molecule has 0 aromatic carbocycles. The molecule has 4 atom stereocenters. The molecule has 0 aromatic heterocycles. The molecule has 0 aliphatic carbocycles. The molecule has 20 heavy (non-hydrogen) atoms. The Hall–Kier alpha value is -0.393. The highest BCUT2D eigenvalue weighted by molar-refractivity contribution is 6.74. The van der Waals surface area contributed by atoms with Crippen molar-refractivity contribution in [3.05, 3.63) is 0 Å². The van der Waals surface area contributed by atoms with Gasteiger partial charge in [0.2, 0.25) is 0 Å². The Bertz CT molecular complexity index is 375. The Morgan fingerprint density at radius 3 is 2.40 bits per heavy atom. The summed E-state index contributed by atoms with van der Waals surface area (Å²) in [6, 6.07) is 0. The van der Waals surface area contributed by atoms with Crippen LogP contribution in [0.25, 0.3) is 0 Å². The van der Waals surface area contributed by atoms with E-state index < -0.39 is 8.32 Å². The van der Waals surface area contributed by atoms with Gasteiger partial charge in [0.15, 0.2) is 8.32 Å². The van der Waals surface area contributed by atoms with Crippen LogP contribution in [0.3, 0.4) is 0 Å². The maximum atomic E-state index is 12.0. The second kappa shape index (κ2) is 5.43. The smallest absolute Gasteiger partial charge is 0.311 e. The van der Waals surface area contributed by atoms with E-state index in [4.69, 9.17) is 13.9 Å². The number of rotatable bonds is 4. The van der Waals surface area contributed by atoms with Gasteiger partial charge in [-0.05, 0) is 31.0 Å². The first-order valence-corrected chi connectivity index (χ1v) is 10.5. The molecule has 0 unspecified atom stereocenters. The van der Waals surface area contributed by atoms with Crippen molar-refractivity contribution in [2.24, 2.45) is 11.8 Å². The zero-order valence-electron chi connectivity index (χ0n) is 13.6. The fourth-order valence-corrected chi connectivity index (χ4v) is 4.01. The summed E-state index contributed by atoms with van der Waals surface area (Å²) in [5, 5.41) is 0.187. The van der Waals surface area contributed by atoms with Crippen molar-refractivity contribution in [3.8, 4) is 0 Å². The van der Waals surface area contributed by atoms with E-state index >= 15 is 0 Å². The second-order valence-electron chi connectivity index (χ2n) is 7.57. The van der Waals surface area contributed by atoms with Gasteiger partial charge in [0.1, 0.15) is 0 Å². The normalized spacial score (nSPS) is 33.5. The van der Waals surface area contributed by atoms with Crippen LogP contribution in [0.2, 0.25) is 18.1 Å². The molecular formula is C15H28O4Si. The Balaban J connectivity index is 2.03. The minimum atomic E-state index is -1.78. The first-order chi connectivity index (χ1) is 9.17. The molecule has 2 heterocycles. The molecule has 0 N–H and O–H groups in total. The first-order valence-electron chi connectivity index (χ1n) is 7.54. The van der Waals surface area contributed by atoms with Crippen LogP contribution in [0.1, 0.15) is 33.6 Å². The quantitative estimate of drug-likeness (QED) is 0.591. The lowest BCUT2D eigenvalue weighted by Crippen LogP contribution is -2.45. The summed E-state index contributed by atoms with van der Waals surface area (Å²) in [7, 11) is -0.324. The Morgan fingerprint density at radius 2 is 1.85 bits per heavy atom. The van der Waals surface area contributed by atoms with Gasteiger partial charge in [-0.25, -0.2) is 0 Å². The molecule has 2 aliphatic rings. The lowest BCUT2D eigenvalue weighted by Gasteiger charge is -2.38. The molecule has 2 aliphatic heterocycles. The average Bonchev–Trinajstić information content (AvgIpc) is 2.94. The number of hydrogen-bond donors (Lipinski definition) is 0. The van der Waals surface area contributed by atoms with Crippen molar-refractivity contribution in [1.82, 2.24) is 0 Å². The number of fused-ring (bicyclic) bond motifs is 2. The number of carbonyl (C=O) groups excluding carboxylic acids is 1. The molecule has 2 saturated heterocycles. The molecule has 4 nitrogen and oxygen atoms in total. The predicted octanol–water partition coefficient (Wildman–Crippen LogP) is 2.97. The number of hydrogen-bond acceptors (Lipinski definition) is 4. The molecule has 0 saturated carbocycles. The second-order valence-corrected chi connectivity index (χ2v) is 12.4. The molecule has 0 amide bonds. The zero-order chi connectivity index (χ0) is 15.1. The van der Waals surface area contributed by atoms with Crippen molar-refractivity contribution < 1.29 is 18.7 Å². The van der Waals surface area contributed by atoms with Crippen LogP contribution >= 0.6 is 0 Å². The summed E-state index contributed by atoms with van der Waals surface area (Å²) in [5.41, 5.74) is 0. The Kier molecular flexibility index (Phi) is 4.34. The summed E-state index contributed by atoms with van der Waals surface area (Å²) in [4.78, 5) is 12.0. The van der Waals surface area contributed by atoms with Gasteiger partial charge in [-0.15, -0.1) is 0 Å². The van der Waals surface area contributed by atoms with E-state index in [1.165, 1.54) is 7.11 Å². The lowest BCUT2D eigenvalue weighted by molar-refractivity contribution is -0.149. The van der Waals surface area contributed by atoms with E-state index in [1.807, 2.05) is 0 Å². The summed E-state index contributed by atoms with van der Waals surface area (Å²) in [6.07, 6.45) is 2.24. The van der Waals surface area contributed by atoms with Gasteiger partial charge in [-0.2, -0.15) is 0 Å². The summed E-state index contributed by atoms with van der Waals surface area (Å²) >= 11 is 0. The van der Waals surface area contributed by atoms with Gasteiger partial charge in [-0.1, -0.05) is 20.8 Å². The largest absolute Gasteiger partial charge is 0.469 e. The monoisotopic (exact) mass is 300 g/mol. The third-order valence-electron chi connectivity index (χ3n) is 5.34. The first kappa shape index (κ1) is 16.0. The van der Waals surface area contributed by atoms with Crippen LogP contribution in [-0.4, -0.2) is 40.2 Å². The van der Waals surface area contributed by atoms with Crippen LogP contribution in [0.5, 0.6) is 0 Å². The van der Waals surface area contributed by atoms with E-state index in [1.54, 1.807) is 0 Å². The molecule has 0 radical (unpaired) electrons. The maximum Gasteiger partial charge on any atom is 0.311 e. The van der Waals surface area contributed by atoms with E-state index in [0.29, 0.717) is 6.61 Å². The number of ether oxygens (including phenoxy) is 2. The van der Waals surface area contributed by atoms with Crippen LogP contribution in [0, 0.1) is 11.8 Å². The van der Waals surface area contributed by atoms with Crippen LogP contribution in [0.15, 0.2) is 0 Å². The Morgan fingerprint density at radius 1 is 1.25 bits per heavy atom. The molecule has 0 spiro atoms. The molecule has 2 fully saturated rings. The van der Waals surface area contributed by atoms with Crippen LogP contribution in [0.4, 0.5) is 0 Å². The highest BCUT2D eigenvalue weighted by Crippen LogP contribution is 2.45. The van der Waals surface area contributed by atoms with Crippen LogP contribution in [-0.2, 0) is 18.7 Å². The third-order valence-corrected chi connectivity index (χ3v) is 9.84. The van der Waals surface area contributed by atoms with Crippen molar-refractivity contribution in [2.45, 2.75) is 64.0 Å². The summed E-state index contributed by atoms with van der Waals surface area (Å²) in [5.74, 6) is -0.111. The molecular weight excluding hydrogens is 272 g/mol. The highest BCUT2D eigenvalue weighted by atomic mass is 28.4. The van der Waals surface area contributed by atoms with Gasteiger partial charge < -0.3 is 13.9 Å². The van der Waals surface area contributed by atoms with Crippen molar-refractivity contribution >= 4 is 14.3 Å². The number of esters is 1. The fourth-order valence-electron chi connectivity index (χ4n) is 2.97. The molecule has 2 bridgehead atoms. The minimum absolute atomic E-state index is 0.0421. The topological polar surface area (TPSA) is 44.8 Å². The van der Waals surface area contributed by atoms with Crippen molar-refractivity contribution in [1.29, 1.82) is 0 Å². The van der Waals surface area contributed by atoms with Gasteiger partial charge in [0.05, 0.1) is 25.2 Å². The van der Waals surface area contributed by atoms with E-state index in [9.17, 15) is 4.79 Å². The number of methoxy groups -OCH3 is 1. The molecule has 0 aromatic rings. The van der Waals surface area contributed by atoms with E-state index in [0.717, 1.165) is 12.8 Å². The summed E-state index contributed by atoms with van der Waals surface area (Å²) in [6.45, 7) is 11.8. The standard InChI is InChI=1S/C15H28O4Si/c1-15(2,3)20(5,6)18-9-10-11-7-8-12(19-11)13(10)14(16)17-4/h10-13H,7-9H2,1-6H3/t10-,11-,12+,13-/m0/s1. The van der Waals surface area contributed by atoms with Crippen molar-refractivity contribution in [3.63, 3.8) is 0 Å². The van der Waals surface area contributed by atoms with Crippen LogP contribution < -0.4 is 0 Å². The van der Waals surface area contributed by atoms with Gasteiger partial charge in [0.25, 0.3) is 0 Å². The minimum Gasteiger partial charge on any atom is -0.469 e. The lowest BCUT2D eigenvalue weighted by atomic mass is 9.80. The molecule has 116 valence electrons. The van der Waals surface area contributed by atoms with Gasteiger partial charge in [0, 0.05) is 12.5 Å². The fraction of sp³-hybridized carbons (Fsp3) is 0.933. The zero-order valence-corrected chi connectivity index (χ0v) is 14.6. The Labute approximate surface area is 123 Å². The average molecular weight is 300 g/mol. The number of carbonyl (C=O) groups is 1. The highest BCUT2D eigenvalue weighted by Gasteiger charge is 2.53. The van der Waals surface area contributed by atoms with Crippen molar-refractivity contribution in [2.75, 3.05) is 13.7 Å². The van der Waals surface area contributed by atoms with Gasteiger partial charge >= 0.3 is 5.97 Å². The third kappa shape index (κ3) is 2.80. The van der Waals surface area contributed by atoms with E-state index in [2.05, 4.69) is 33.9 Å². The SMILES string of the molecule is COC(=O)[C@H]1[C@@H](CO[Si](C)(C)C(C)(C)C)[C@@H]2CC[C@H]1O2. The predicted molar refractivity (Wildman–Crippen MR) is 80.0 cm³/mol. The summed E-state index contributed by atoms with van der Waals surface area (Å²) < 4.78 is 17.2. The van der Waals surface area contributed by atoms with E-state index in [-0.39, 0.29) is 35.1 Å².